The summed E-state index contributed by atoms with van der Waals surface area (Å²) in [5.74, 6) is 0. The number of carbonyl (C=O) groups is 1. The molecular weight excluding hydrogens is 217 g/mol. The van der Waals surface area contributed by atoms with Gasteiger partial charge in [-0.2, -0.15) is 0 Å². The van der Waals surface area contributed by atoms with Crippen LogP contribution in [0.4, 0.5) is 4.79 Å². The van der Waals surface area contributed by atoms with Crippen LogP contribution >= 0.6 is 0 Å². The summed E-state index contributed by atoms with van der Waals surface area (Å²) in [6.45, 7) is 2.91. The van der Waals surface area contributed by atoms with E-state index in [9.17, 15) is 4.79 Å². The van der Waals surface area contributed by atoms with Crippen LogP contribution in [0.3, 0.4) is 0 Å². The van der Waals surface area contributed by atoms with E-state index >= 15 is 0 Å². The molecule has 0 aliphatic heterocycles. The average Bonchev–Trinajstić information content (AvgIpc) is 2.03. The second-order valence-corrected chi connectivity index (χ2v) is 8.81. The molecule has 1 N–H and O–H groups in total. The Kier molecular flexibility index (Phi) is 6.27. The number of hydrogen-bond donors (Lipinski definition) is 1. The molecule has 0 radical (unpaired) electrons. The Morgan fingerprint density at radius 3 is 2.58 bits per heavy atom. The molecule has 0 aromatic heterocycles. The van der Waals surface area contributed by atoms with Crippen LogP contribution in [-0.4, -0.2) is 44.3 Å². The Morgan fingerprint density at radius 1 is 1.58 bits per heavy atom. The molecule has 0 bridgehead atoms. The van der Waals surface area contributed by atoms with E-state index in [1.54, 1.807) is 7.05 Å². The Hall–Kier alpha value is -0.172. The molecule has 1 atom stereocenters. The first-order chi connectivity index (χ1) is 5.57. The van der Waals surface area contributed by atoms with Crippen LogP contribution in [0.5, 0.6) is 0 Å². The van der Waals surface area contributed by atoms with E-state index in [0.29, 0.717) is 6.54 Å². The van der Waals surface area contributed by atoms with E-state index < -0.39 is 20.7 Å². The fraction of sp³-hybridized carbons (Fsp3) is 0.875. The third kappa shape index (κ3) is 5.48. The van der Waals surface area contributed by atoms with Gasteiger partial charge < -0.3 is 0 Å². The standard InChI is InChI=1S/C8H18AsNO2/c1-4-9(2)6-5-7-10(3)8(11)12/h4-7H2,1-3H3,(H,11,12). The quantitative estimate of drug-likeness (QED) is 0.741. The van der Waals surface area contributed by atoms with Gasteiger partial charge in [0.15, 0.2) is 0 Å². The van der Waals surface area contributed by atoms with E-state index in [-0.39, 0.29) is 0 Å². The van der Waals surface area contributed by atoms with Crippen molar-refractivity contribution in [2.24, 2.45) is 0 Å². The first-order valence-corrected chi connectivity index (χ1v) is 8.73. The van der Waals surface area contributed by atoms with Gasteiger partial charge in [-0.3, -0.25) is 0 Å². The molecule has 0 rings (SSSR count). The average molecular weight is 235 g/mol. The number of carboxylic acid groups (broad SMARTS) is 1. The van der Waals surface area contributed by atoms with E-state index in [0.717, 1.165) is 6.42 Å². The van der Waals surface area contributed by atoms with Crippen molar-refractivity contribution in [1.82, 2.24) is 4.90 Å². The van der Waals surface area contributed by atoms with Gasteiger partial charge in [0.25, 0.3) is 0 Å². The van der Waals surface area contributed by atoms with Gasteiger partial charge in [-0.25, -0.2) is 0 Å². The fourth-order valence-corrected chi connectivity index (χ4v) is 2.92. The summed E-state index contributed by atoms with van der Waals surface area (Å²) < 4.78 is 0. The summed E-state index contributed by atoms with van der Waals surface area (Å²) >= 11 is -0.551. The van der Waals surface area contributed by atoms with Crippen molar-refractivity contribution in [3.8, 4) is 0 Å². The third-order valence-corrected chi connectivity index (χ3v) is 6.43. The second-order valence-electron chi connectivity index (χ2n) is 2.95. The van der Waals surface area contributed by atoms with Gasteiger partial charge >= 0.3 is 78.6 Å². The molecule has 0 saturated carbocycles. The molecule has 0 aliphatic carbocycles. The monoisotopic (exact) mass is 235 g/mol. The van der Waals surface area contributed by atoms with Crippen LogP contribution in [0.15, 0.2) is 0 Å². The summed E-state index contributed by atoms with van der Waals surface area (Å²) in [6, 6.07) is 0. The van der Waals surface area contributed by atoms with E-state index in [1.165, 1.54) is 15.3 Å². The molecule has 1 unspecified atom stereocenters. The maximum atomic E-state index is 10.4. The summed E-state index contributed by atoms with van der Waals surface area (Å²) in [7, 11) is 1.63. The van der Waals surface area contributed by atoms with Gasteiger partial charge in [0.05, 0.1) is 0 Å². The second kappa shape index (κ2) is 6.36. The van der Waals surface area contributed by atoms with Gasteiger partial charge in [-0.05, 0) is 0 Å². The van der Waals surface area contributed by atoms with Crippen LogP contribution < -0.4 is 0 Å². The number of amides is 1. The molecular formula is C8H18AsNO2. The molecule has 0 aromatic rings. The molecule has 3 nitrogen and oxygen atoms in total. The summed E-state index contributed by atoms with van der Waals surface area (Å²) in [4.78, 5) is 11.7. The molecule has 12 heavy (non-hydrogen) atoms. The van der Waals surface area contributed by atoms with Crippen molar-refractivity contribution in [2.45, 2.75) is 29.5 Å². The van der Waals surface area contributed by atoms with E-state index in [1.807, 2.05) is 0 Å². The predicted molar refractivity (Wildman–Crippen MR) is 52.2 cm³/mol. The Bertz CT molecular complexity index is 141. The third-order valence-electron chi connectivity index (χ3n) is 1.90. The first-order valence-electron chi connectivity index (χ1n) is 4.20. The van der Waals surface area contributed by atoms with Crippen molar-refractivity contribution < 1.29 is 9.90 Å². The van der Waals surface area contributed by atoms with E-state index in [2.05, 4.69) is 12.6 Å². The number of rotatable bonds is 5. The molecule has 72 valence electrons. The summed E-state index contributed by atoms with van der Waals surface area (Å²) in [6.07, 6.45) is 0.217. The predicted octanol–water partition coefficient (Wildman–Crippen LogP) is 2.13. The molecule has 0 heterocycles. The molecule has 4 heteroatoms. The topological polar surface area (TPSA) is 40.5 Å². The zero-order valence-electron chi connectivity index (χ0n) is 8.08. The molecule has 0 saturated heterocycles. The van der Waals surface area contributed by atoms with Crippen molar-refractivity contribution in [3.05, 3.63) is 0 Å². The first kappa shape index (κ1) is 11.8. The number of nitrogens with zero attached hydrogens (tertiary/aromatic N) is 1. The maximum absolute atomic E-state index is 10.4. The van der Waals surface area contributed by atoms with Crippen LogP contribution in [0.2, 0.25) is 16.1 Å². The Balaban J connectivity index is 3.37. The summed E-state index contributed by atoms with van der Waals surface area (Å²) in [5.41, 5.74) is 2.34. The zero-order chi connectivity index (χ0) is 9.56. The fourth-order valence-electron chi connectivity index (χ4n) is 0.832. The molecule has 0 spiro atoms. The van der Waals surface area contributed by atoms with Gasteiger partial charge in [-0.15, -0.1) is 0 Å². The van der Waals surface area contributed by atoms with Gasteiger partial charge in [0, 0.05) is 0 Å². The molecule has 1 amide bonds. The van der Waals surface area contributed by atoms with Crippen molar-refractivity contribution >= 4 is 20.7 Å². The zero-order valence-corrected chi connectivity index (χ0v) is 9.95. The van der Waals surface area contributed by atoms with Crippen LogP contribution in [0.25, 0.3) is 0 Å². The summed E-state index contributed by atoms with van der Waals surface area (Å²) in [5, 5.41) is 11.1. The van der Waals surface area contributed by atoms with E-state index in [4.69, 9.17) is 5.11 Å². The minimum atomic E-state index is -0.818. The van der Waals surface area contributed by atoms with Crippen molar-refractivity contribution in [2.75, 3.05) is 13.6 Å². The molecule has 0 aromatic carbocycles. The number of hydrogen-bond acceptors (Lipinski definition) is 1. The minimum absolute atomic E-state index is 0.551. The van der Waals surface area contributed by atoms with Gasteiger partial charge in [-0.1, -0.05) is 0 Å². The van der Waals surface area contributed by atoms with Crippen LogP contribution in [0.1, 0.15) is 13.3 Å². The Morgan fingerprint density at radius 2 is 2.17 bits per heavy atom. The van der Waals surface area contributed by atoms with Crippen molar-refractivity contribution in [3.63, 3.8) is 0 Å². The van der Waals surface area contributed by atoms with Gasteiger partial charge in [0.1, 0.15) is 0 Å². The van der Waals surface area contributed by atoms with Crippen LogP contribution in [0, 0.1) is 0 Å². The molecule has 0 fully saturated rings. The van der Waals surface area contributed by atoms with Gasteiger partial charge in [0.2, 0.25) is 0 Å². The molecule has 0 aliphatic rings. The normalized spacial score (nSPS) is 12.6. The SMILES string of the molecule is CC[As](C)CCCN(C)C(=O)O. The van der Waals surface area contributed by atoms with Crippen molar-refractivity contribution in [1.29, 1.82) is 0 Å². The Labute approximate surface area is 79.0 Å². The van der Waals surface area contributed by atoms with Crippen LogP contribution in [-0.2, 0) is 0 Å².